The monoisotopic (exact) mass is 223 g/mol. The molecule has 0 saturated heterocycles. The molecule has 0 spiro atoms. The van der Waals surface area contributed by atoms with E-state index in [-0.39, 0.29) is 0 Å². The molecule has 1 unspecified atom stereocenters. The summed E-state index contributed by atoms with van der Waals surface area (Å²) in [6.45, 7) is 0. The van der Waals surface area contributed by atoms with Gasteiger partial charge in [0.05, 0.1) is 11.4 Å². The predicted octanol–water partition coefficient (Wildman–Crippen LogP) is 2.14. The molecule has 0 aliphatic rings. The highest BCUT2D eigenvalue weighted by molar-refractivity contribution is 5.33. The van der Waals surface area contributed by atoms with E-state index in [9.17, 15) is 8.78 Å². The van der Waals surface area contributed by atoms with Crippen LogP contribution in [0.3, 0.4) is 0 Å². The van der Waals surface area contributed by atoms with Crippen molar-refractivity contribution in [2.75, 3.05) is 0 Å². The summed E-state index contributed by atoms with van der Waals surface area (Å²) in [7, 11) is 0. The van der Waals surface area contributed by atoms with E-state index >= 15 is 0 Å². The first kappa shape index (κ1) is 10.8. The molecule has 84 valence electrons. The molecule has 2 N–H and O–H groups in total. The van der Waals surface area contributed by atoms with Crippen LogP contribution in [0.15, 0.2) is 42.6 Å². The summed E-state index contributed by atoms with van der Waals surface area (Å²) in [5, 5.41) is 3.99. The van der Waals surface area contributed by atoms with Gasteiger partial charge in [-0.25, -0.2) is 13.5 Å². The first-order valence-corrected chi connectivity index (χ1v) is 4.83. The summed E-state index contributed by atoms with van der Waals surface area (Å²) in [5.74, 6) is 0. The molecule has 1 aromatic heterocycles. The first-order valence-electron chi connectivity index (χ1n) is 4.83. The van der Waals surface area contributed by atoms with Gasteiger partial charge in [0.1, 0.15) is 6.04 Å². The summed E-state index contributed by atoms with van der Waals surface area (Å²) in [6, 6.07) is 9.23. The normalized spacial score (nSPS) is 13.0. The molecule has 0 aliphatic heterocycles. The summed E-state index contributed by atoms with van der Waals surface area (Å²) < 4.78 is 26.5. The van der Waals surface area contributed by atoms with Crippen molar-refractivity contribution in [3.05, 3.63) is 48.3 Å². The van der Waals surface area contributed by atoms with Gasteiger partial charge in [-0.1, -0.05) is 18.2 Å². The molecule has 0 amide bonds. The number of para-hydroxylation sites is 1. The number of nitrogens with two attached hydrogens (primary N) is 1. The van der Waals surface area contributed by atoms with Crippen molar-refractivity contribution in [1.82, 2.24) is 9.78 Å². The summed E-state index contributed by atoms with van der Waals surface area (Å²) >= 11 is 0. The van der Waals surface area contributed by atoms with Crippen molar-refractivity contribution < 1.29 is 8.78 Å². The Balaban J connectivity index is 2.40. The van der Waals surface area contributed by atoms with Gasteiger partial charge in [0.15, 0.2) is 0 Å². The van der Waals surface area contributed by atoms with Crippen LogP contribution >= 0.6 is 0 Å². The second-order valence-corrected chi connectivity index (χ2v) is 3.36. The van der Waals surface area contributed by atoms with Gasteiger partial charge in [0, 0.05) is 6.20 Å². The average molecular weight is 223 g/mol. The van der Waals surface area contributed by atoms with Gasteiger partial charge >= 0.3 is 0 Å². The fraction of sp³-hybridized carbons (Fsp3) is 0.182. The van der Waals surface area contributed by atoms with Crippen LogP contribution < -0.4 is 5.73 Å². The van der Waals surface area contributed by atoms with Crippen LogP contribution in [0.25, 0.3) is 5.69 Å². The third-order valence-corrected chi connectivity index (χ3v) is 2.29. The van der Waals surface area contributed by atoms with Crippen molar-refractivity contribution in [3.63, 3.8) is 0 Å². The van der Waals surface area contributed by atoms with E-state index in [2.05, 4.69) is 5.10 Å². The predicted molar refractivity (Wildman–Crippen MR) is 56.5 cm³/mol. The van der Waals surface area contributed by atoms with E-state index < -0.39 is 12.5 Å². The van der Waals surface area contributed by atoms with Crippen LogP contribution in [0.4, 0.5) is 8.78 Å². The number of alkyl halides is 2. The molecule has 2 aromatic rings. The molecule has 0 radical (unpaired) electrons. The van der Waals surface area contributed by atoms with Crippen LogP contribution in [-0.4, -0.2) is 16.2 Å². The maximum Gasteiger partial charge on any atom is 0.259 e. The molecule has 0 fully saturated rings. The van der Waals surface area contributed by atoms with Crippen LogP contribution in [0.2, 0.25) is 0 Å². The Morgan fingerprint density at radius 3 is 2.44 bits per heavy atom. The van der Waals surface area contributed by atoms with Crippen molar-refractivity contribution in [1.29, 1.82) is 0 Å². The number of hydrogen-bond acceptors (Lipinski definition) is 2. The largest absolute Gasteiger partial charge is 0.318 e. The minimum absolute atomic E-state index is 0.307. The smallest absolute Gasteiger partial charge is 0.259 e. The Labute approximate surface area is 91.5 Å². The number of nitrogens with zero attached hydrogens (tertiary/aromatic N) is 2. The molecule has 1 atom stereocenters. The zero-order valence-electron chi connectivity index (χ0n) is 8.42. The standard InChI is InChI=1S/C11H11F2N3/c12-11(13)10(14)9-6-7-15-16(9)8-4-2-1-3-5-8/h1-7,10-11H,14H2. The van der Waals surface area contributed by atoms with E-state index in [4.69, 9.17) is 5.73 Å². The molecule has 3 nitrogen and oxygen atoms in total. The van der Waals surface area contributed by atoms with Gasteiger partial charge < -0.3 is 5.73 Å². The summed E-state index contributed by atoms with van der Waals surface area (Å²) in [4.78, 5) is 0. The Kier molecular flexibility index (Phi) is 2.96. The molecule has 5 heteroatoms. The highest BCUT2D eigenvalue weighted by Crippen LogP contribution is 2.20. The third kappa shape index (κ3) is 1.94. The number of benzene rings is 1. The lowest BCUT2D eigenvalue weighted by Crippen LogP contribution is -2.22. The lowest BCUT2D eigenvalue weighted by atomic mass is 10.2. The van der Waals surface area contributed by atoms with Gasteiger partial charge in [0.25, 0.3) is 6.43 Å². The van der Waals surface area contributed by atoms with E-state index in [1.807, 2.05) is 18.2 Å². The van der Waals surface area contributed by atoms with E-state index in [0.29, 0.717) is 5.69 Å². The maximum atomic E-state index is 12.5. The minimum atomic E-state index is -2.60. The minimum Gasteiger partial charge on any atom is -0.318 e. The summed E-state index contributed by atoms with van der Waals surface area (Å²) in [5.41, 5.74) is 6.44. The Hall–Kier alpha value is -1.75. The van der Waals surface area contributed by atoms with Gasteiger partial charge in [-0.3, -0.25) is 0 Å². The van der Waals surface area contributed by atoms with Crippen molar-refractivity contribution in [2.45, 2.75) is 12.5 Å². The van der Waals surface area contributed by atoms with Crippen LogP contribution in [0.5, 0.6) is 0 Å². The highest BCUT2D eigenvalue weighted by atomic mass is 19.3. The Morgan fingerprint density at radius 2 is 1.81 bits per heavy atom. The fourth-order valence-electron chi connectivity index (χ4n) is 1.48. The molecule has 16 heavy (non-hydrogen) atoms. The molecule has 1 heterocycles. The SMILES string of the molecule is NC(c1ccnn1-c1ccccc1)C(F)F. The number of rotatable bonds is 3. The number of aromatic nitrogens is 2. The third-order valence-electron chi connectivity index (χ3n) is 2.29. The Bertz CT molecular complexity index is 453. The molecular formula is C11H11F2N3. The van der Waals surface area contributed by atoms with E-state index in [1.54, 1.807) is 12.1 Å². The van der Waals surface area contributed by atoms with Crippen LogP contribution in [-0.2, 0) is 0 Å². The molecule has 0 saturated carbocycles. The second kappa shape index (κ2) is 4.40. The van der Waals surface area contributed by atoms with Crippen molar-refractivity contribution >= 4 is 0 Å². The number of halogens is 2. The average Bonchev–Trinajstić information content (AvgIpc) is 2.77. The molecule has 0 bridgehead atoms. The van der Waals surface area contributed by atoms with Gasteiger partial charge in [-0.05, 0) is 18.2 Å². The van der Waals surface area contributed by atoms with Gasteiger partial charge in [-0.2, -0.15) is 5.10 Å². The molecule has 1 aromatic carbocycles. The molecule has 0 aliphatic carbocycles. The maximum absolute atomic E-state index is 12.5. The van der Waals surface area contributed by atoms with Crippen molar-refractivity contribution in [3.8, 4) is 5.69 Å². The lowest BCUT2D eigenvalue weighted by Gasteiger charge is -2.13. The zero-order valence-corrected chi connectivity index (χ0v) is 8.42. The zero-order chi connectivity index (χ0) is 11.5. The molecule has 2 rings (SSSR count). The van der Waals surface area contributed by atoms with Crippen molar-refractivity contribution in [2.24, 2.45) is 5.73 Å². The Morgan fingerprint density at radius 1 is 1.12 bits per heavy atom. The van der Waals surface area contributed by atoms with E-state index in [0.717, 1.165) is 5.69 Å². The second-order valence-electron chi connectivity index (χ2n) is 3.36. The van der Waals surface area contributed by atoms with Crippen LogP contribution in [0, 0.1) is 0 Å². The fourth-order valence-corrected chi connectivity index (χ4v) is 1.48. The quantitative estimate of drug-likeness (QED) is 0.866. The molecular weight excluding hydrogens is 212 g/mol. The number of hydrogen-bond donors (Lipinski definition) is 1. The van der Waals surface area contributed by atoms with Gasteiger partial charge in [0.2, 0.25) is 0 Å². The van der Waals surface area contributed by atoms with Gasteiger partial charge in [-0.15, -0.1) is 0 Å². The highest BCUT2D eigenvalue weighted by Gasteiger charge is 2.21. The van der Waals surface area contributed by atoms with Crippen LogP contribution in [0.1, 0.15) is 11.7 Å². The topological polar surface area (TPSA) is 43.8 Å². The first-order chi connectivity index (χ1) is 7.70. The lowest BCUT2D eigenvalue weighted by molar-refractivity contribution is 0.113. The summed E-state index contributed by atoms with van der Waals surface area (Å²) in [6.07, 6.45) is -1.14. The van der Waals surface area contributed by atoms with E-state index in [1.165, 1.54) is 16.9 Å².